The Morgan fingerprint density at radius 1 is 0.537 bits per heavy atom. The molecule has 2 saturated carbocycles. The van der Waals surface area contributed by atoms with Crippen molar-refractivity contribution in [2.75, 3.05) is 4.90 Å². The lowest BCUT2D eigenvalue weighted by Crippen LogP contribution is -2.16. The van der Waals surface area contributed by atoms with Crippen molar-refractivity contribution in [2.24, 2.45) is 11.8 Å². The Labute approximate surface area is 321 Å². The van der Waals surface area contributed by atoms with E-state index >= 15 is 0 Å². The van der Waals surface area contributed by atoms with Crippen molar-refractivity contribution in [1.29, 1.82) is 0 Å². The topological polar surface area (TPSA) is 3.24 Å². The first-order chi connectivity index (χ1) is 26.3. The SMILES string of the molecule is CC(C)c1cccc2c1-c1ccc(N(c3ccc(-c4cc5ccccc5cc4-c4ccccc4)cc3)c3ccc(C4CC5CCC4C5)cc3)cc1C2(C)C. The lowest BCUT2D eigenvalue weighted by molar-refractivity contribution is 0.420. The van der Waals surface area contributed by atoms with E-state index in [1.807, 2.05) is 0 Å². The Balaban J connectivity index is 1.09. The molecule has 2 fully saturated rings. The fraction of sp³-hybridized carbons (Fsp3) is 0.245. The van der Waals surface area contributed by atoms with Gasteiger partial charge in [-0.2, -0.15) is 0 Å². The van der Waals surface area contributed by atoms with Crippen LogP contribution in [-0.2, 0) is 5.41 Å². The van der Waals surface area contributed by atoms with Crippen LogP contribution in [0.15, 0.2) is 152 Å². The first-order valence-electron chi connectivity index (χ1n) is 20.2. The zero-order chi connectivity index (χ0) is 36.6. The van der Waals surface area contributed by atoms with Crippen LogP contribution in [0.4, 0.5) is 17.1 Å². The molecule has 2 bridgehead atoms. The van der Waals surface area contributed by atoms with E-state index < -0.39 is 0 Å². The molecule has 10 rings (SSSR count). The van der Waals surface area contributed by atoms with Crippen LogP contribution in [0.25, 0.3) is 44.2 Å². The highest BCUT2D eigenvalue weighted by Gasteiger charge is 2.40. The molecule has 1 heteroatoms. The summed E-state index contributed by atoms with van der Waals surface area (Å²) < 4.78 is 0. The number of anilines is 3. The molecule has 3 unspecified atom stereocenters. The minimum Gasteiger partial charge on any atom is -0.310 e. The molecule has 7 aromatic carbocycles. The van der Waals surface area contributed by atoms with Gasteiger partial charge in [-0.15, -0.1) is 0 Å². The average molecular weight is 700 g/mol. The highest BCUT2D eigenvalue weighted by molar-refractivity contribution is 5.97. The molecule has 0 radical (unpaired) electrons. The molecule has 0 aromatic heterocycles. The smallest absolute Gasteiger partial charge is 0.0465 e. The number of nitrogens with zero attached hydrogens (tertiary/aromatic N) is 1. The molecule has 3 aliphatic carbocycles. The Morgan fingerprint density at radius 2 is 1.17 bits per heavy atom. The van der Waals surface area contributed by atoms with Crippen LogP contribution in [0.1, 0.15) is 87.5 Å². The Hall–Kier alpha value is -5.40. The van der Waals surface area contributed by atoms with E-state index in [-0.39, 0.29) is 5.41 Å². The van der Waals surface area contributed by atoms with E-state index in [0.717, 1.165) is 17.8 Å². The second-order valence-corrected chi connectivity index (χ2v) is 17.1. The molecule has 3 atom stereocenters. The van der Waals surface area contributed by atoms with Gasteiger partial charge in [0.1, 0.15) is 0 Å². The molecule has 0 aliphatic heterocycles. The first kappa shape index (κ1) is 33.2. The third-order valence-electron chi connectivity index (χ3n) is 13.3. The van der Waals surface area contributed by atoms with Gasteiger partial charge in [0.05, 0.1) is 0 Å². The molecule has 0 saturated heterocycles. The lowest BCUT2D eigenvalue weighted by Gasteiger charge is -2.29. The van der Waals surface area contributed by atoms with E-state index in [4.69, 9.17) is 0 Å². The summed E-state index contributed by atoms with van der Waals surface area (Å²) >= 11 is 0. The molecule has 1 nitrogen and oxygen atoms in total. The minimum atomic E-state index is -0.0866. The van der Waals surface area contributed by atoms with Crippen molar-refractivity contribution in [3.8, 4) is 33.4 Å². The molecule has 0 spiro atoms. The van der Waals surface area contributed by atoms with Crippen molar-refractivity contribution in [3.05, 3.63) is 174 Å². The fourth-order valence-electron chi connectivity index (χ4n) is 10.5. The number of hydrogen-bond donors (Lipinski definition) is 0. The van der Waals surface area contributed by atoms with E-state index in [0.29, 0.717) is 5.92 Å². The third-order valence-corrected chi connectivity index (χ3v) is 13.3. The maximum atomic E-state index is 2.48. The van der Waals surface area contributed by atoms with E-state index in [1.54, 1.807) is 0 Å². The minimum absolute atomic E-state index is 0.0866. The molecule has 0 N–H and O–H groups in total. The quantitative estimate of drug-likeness (QED) is 0.160. The average Bonchev–Trinajstić information content (AvgIpc) is 3.91. The van der Waals surface area contributed by atoms with Crippen molar-refractivity contribution < 1.29 is 0 Å². The molecular formula is C53H49N. The second-order valence-electron chi connectivity index (χ2n) is 17.1. The standard InChI is InChI=1S/C53H49N/c1-34(2)45-15-10-16-50-52(45)46-28-27-44(33-51(46)53(50,3)4)54(42-23-19-37(20-24-42)47-30-35-17-18-41(47)29-35)43-25-21-38(22-26-43)49-32-40-14-9-8-13-39(40)31-48(49)36-11-6-5-7-12-36/h5-16,19-28,31-35,41,47H,17-18,29-30H2,1-4H3. The van der Waals surface area contributed by atoms with Crippen LogP contribution in [0.3, 0.4) is 0 Å². The molecular weight excluding hydrogens is 651 g/mol. The predicted octanol–water partition coefficient (Wildman–Crippen LogP) is 15.0. The zero-order valence-electron chi connectivity index (χ0n) is 32.0. The van der Waals surface area contributed by atoms with Gasteiger partial charge >= 0.3 is 0 Å². The van der Waals surface area contributed by atoms with Crippen LogP contribution in [0.2, 0.25) is 0 Å². The summed E-state index contributed by atoms with van der Waals surface area (Å²) in [6.45, 7) is 9.45. The van der Waals surface area contributed by atoms with Crippen LogP contribution in [0, 0.1) is 11.8 Å². The molecule has 266 valence electrons. The van der Waals surface area contributed by atoms with Gasteiger partial charge in [-0.1, -0.05) is 137 Å². The Morgan fingerprint density at radius 3 is 1.80 bits per heavy atom. The van der Waals surface area contributed by atoms with Crippen molar-refractivity contribution in [3.63, 3.8) is 0 Å². The summed E-state index contributed by atoms with van der Waals surface area (Å²) in [7, 11) is 0. The van der Waals surface area contributed by atoms with Crippen LogP contribution >= 0.6 is 0 Å². The molecule has 54 heavy (non-hydrogen) atoms. The van der Waals surface area contributed by atoms with Crippen LogP contribution in [0.5, 0.6) is 0 Å². The van der Waals surface area contributed by atoms with Crippen molar-refractivity contribution in [2.45, 2.75) is 70.6 Å². The van der Waals surface area contributed by atoms with Gasteiger partial charge in [0, 0.05) is 22.5 Å². The summed E-state index contributed by atoms with van der Waals surface area (Å²) in [6.07, 6.45) is 5.64. The van der Waals surface area contributed by atoms with Gasteiger partial charge in [0.25, 0.3) is 0 Å². The third kappa shape index (κ3) is 5.43. The number of fused-ring (bicyclic) bond motifs is 6. The van der Waals surface area contributed by atoms with Gasteiger partial charge in [-0.3, -0.25) is 0 Å². The first-order valence-corrected chi connectivity index (χ1v) is 20.2. The maximum absolute atomic E-state index is 2.48. The molecule has 0 heterocycles. The lowest BCUT2D eigenvalue weighted by atomic mass is 9.81. The second kappa shape index (κ2) is 12.9. The Kier molecular flexibility index (Phi) is 7.91. The highest BCUT2D eigenvalue weighted by atomic mass is 15.1. The summed E-state index contributed by atoms with van der Waals surface area (Å²) in [5, 5.41) is 2.52. The number of hydrogen-bond acceptors (Lipinski definition) is 1. The summed E-state index contributed by atoms with van der Waals surface area (Å²) in [5.41, 5.74) is 17.1. The summed E-state index contributed by atoms with van der Waals surface area (Å²) in [6, 6.07) is 57.4. The fourth-order valence-corrected chi connectivity index (χ4v) is 10.5. The van der Waals surface area contributed by atoms with Crippen molar-refractivity contribution in [1.82, 2.24) is 0 Å². The van der Waals surface area contributed by atoms with Gasteiger partial charge in [-0.25, -0.2) is 0 Å². The van der Waals surface area contributed by atoms with Gasteiger partial charge < -0.3 is 4.90 Å². The monoisotopic (exact) mass is 699 g/mol. The zero-order valence-corrected chi connectivity index (χ0v) is 32.0. The van der Waals surface area contributed by atoms with Crippen LogP contribution in [-0.4, -0.2) is 0 Å². The summed E-state index contributed by atoms with van der Waals surface area (Å²) in [5.74, 6) is 3.00. The van der Waals surface area contributed by atoms with E-state index in [9.17, 15) is 0 Å². The normalized spacial score (nSPS) is 19.3. The summed E-state index contributed by atoms with van der Waals surface area (Å²) in [4.78, 5) is 2.48. The predicted molar refractivity (Wildman–Crippen MR) is 229 cm³/mol. The Bertz CT molecular complexity index is 2500. The maximum Gasteiger partial charge on any atom is 0.0465 e. The number of benzene rings is 7. The van der Waals surface area contributed by atoms with E-state index in [1.165, 1.54) is 109 Å². The number of rotatable bonds is 7. The largest absolute Gasteiger partial charge is 0.310 e. The van der Waals surface area contributed by atoms with Gasteiger partial charge in [0.2, 0.25) is 0 Å². The van der Waals surface area contributed by atoms with E-state index in [2.05, 4.69) is 184 Å². The van der Waals surface area contributed by atoms with Crippen molar-refractivity contribution >= 4 is 27.8 Å². The van der Waals surface area contributed by atoms with Crippen LogP contribution < -0.4 is 4.90 Å². The van der Waals surface area contributed by atoms with Gasteiger partial charge in [-0.05, 0) is 158 Å². The molecule has 3 aliphatic rings. The highest BCUT2D eigenvalue weighted by Crippen LogP contribution is 2.55. The van der Waals surface area contributed by atoms with Gasteiger partial charge in [0.15, 0.2) is 0 Å². The molecule has 7 aromatic rings. The molecule has 0 amide bonds.